The van der Waals surface area contributed by atoms with E-state index in [-0.39, 0.29) is 22.9 Å². The summed E-state index contributed by atoms with van der Waals surface area (Å²) >= 11 is 0. The first-order valence-electron chi connectivity index (χ1n) is 7.50. The molecule has 0 fully saturated rings. The maximum absolute atomic E-state index is 13.3. The molecule has 7 nitrogen and oxygen atoms in total. The lowest BCUT2D eigenvalue weighted by Gasteiger charge is -2.20. The van der Waals surface area contributed by atoms with E-state index in [4.69, 9.17) is 9.84 Å². The minimum absolute atomic E-state index is 0.0269. The highest BCUT2D eigenvalue weighted by atomic mass is 19.1. The molecule has 138 valence electrons. The van der Waals surface area contributed by atoms with Gasteiger partial charge in [-0.3, -0.25) is 5.32 Å². The molecule has 2 aromatic rings. The van der Waals surface area contributed by atoms with Gasteiger partial charge in [0.15, 0.2) is 5.69 Å². The molecule has 1 amide bonds. The molecule has 0 bridgehead atoms. The first-order chi connectivity index (χ1) is 12.0. The number of carbonyl (C=O) groups is 2. The van der Waals surface area contributed by atoms with Crippen molar-refractivity contribution in [3.63, 3.8) is 0 Å². The van der Waals surface area contributed by atoms with Crippen molar-refractivity contribution in [1.82, 2.24) is 4.98 Å². The number of benzene rings is 1. The van der Waals surface area contributed by atoms with Gasteiger partial charge in [-0.1, -0.05) is 0 Å². The van der Waals surface area contributed by atoms with E-state index in [0.29, 0.717) is 6.07 Å². The molecule has 0 radical (unpaired) electrons. The number of carbonyl (C=O) groups excluding carboxylic acids is 1. The van der Waals surface area contributed by atoms with Crippen LogP contribution in [0.15, 0.2) is 30.3 Å². The maximum atomic E-state index is 13.3. The number of aromatic carboxylic acids is 1. The smallest absolute Gasteiger partial charge is 0.412 e. The zero-order valence-electron chi connectivity index (χ0n) is 14.3. The number of hydrogen-bond acceptors (Lipinski definition) is 5. The SMILES string of the molecule is CC(C)(C)OC(=O)Nc1cc(Nc2cc(F)cc(F)c2)nc(C(=O)O)c1. The second kappa shape index (κ2) is 7.34. The summed E-state index contributed by atoms with van der Waals surface area (Å²) < 4.78 is 31.7. The number of ether oxygens (including phenoxy) is 1. The van der Waals surface area contributed by atoms with Crippen LogP contribution in [0.5, 0.6) is 0 Å². The minimum Gasteiger partial charge on any atom is -0.477 e. The Morgan fingerprint density at radius 2 is 1.65 bits per heavy atom. The minimum atomic E-state index is -1.34. The van der Waals surface area contributed by atoms with Crippen molar-refractivity contribution in [2.24, 2.45) is 0 Å². The second-order valence-electron chi connectivity index (χ2n) is 6.34. The molecule has 0 aliphatic carbocycles. The van der Waals surface area contributed by atoms with E-state index in [9.17, 15) is 18.4 Å². The summed E-state index contributed by atoms with van der Waals surface area (Å²) in [4.78, 5) is 26.9. The topological polar surface area (TPSA) is 101 Å². The fourth-order valence-electron chi connectivity index (χ4n) is 1.97. The van der Waals surface area contributed by atoms with Gasteiger partial charge in [-0.15, -0.1) is 0 Å². The van der Waals surface area contributed by atoms with Crippen molar-refractivity contribution in [1.29, 1.82) is 0 Å². The van der Waals surface area contributed by atoms with Crippen LogP contribution < -0.4 is 10.6 Å². The molecule has 9 heteroatoms. The molecule has 0 saturated carbocycles. The van der Waals surface area contributed by atoms with Crippen LogP contribution in [0.25, 0.3) is 0 Å². The van der Waals surface area contributed by atoms with E-state index in [1.165, 1.54) is 6.07 Å². The van der Waals surface area contributed by atoms with Gasteiger partial charge in [0.25, 0.3) is 0 Å². The Morgan fingerprint density at radius 3 is 2.19 bits per heavy atom. The van der Waals surface area contributed by atoms with Gasteiger partial charge in [-0.25, -0.2) is 23.4 Å². The highest BCUT2D eigenvalue weighted by molar-refractivity contribution is 5.91. The highest BCUT2D eigenvalue weighted by Crippen LogP contribution is 2.22. The molecule has 1 aromatic carbocycles. The van der Waals surface area contributed by atoms with Crippen molar-refractivity contribution in [3.8, 4) is 0 Å². The van der Waals surface area contributed by atoms with Gasteiger partial charge >= 0.3 is 12.1 Å². The Hall–Kier alpha value is -3.23. The fraction of sp³-hybridized carbons (Fsp3) is 0.235. The number of nitrogens with one attached hydrogen (secondary N) is 2. The molecule has 0 spiro atoms. The number of carboxylic acids is 1. The Morgan fingerprint density at radius 1 is 1.04 bits per heavy atom. The zero-order chi connectivity index (χ0) is 19.5. The Bertz CT molecular complexity index is 830. The summed E-state index contributed by atoms with van der Waals surface area (Å²) in [7, 11) is 0. The summed E-state index contributed by atoms with van der Waals surface area (Å²) in [6, 6.07) is 5.16. The molecule has 2 rings (SSSR count). The molecular weight excluding hydrogens is 348 g/mol. The van der Waals surface area contributed by atoms with Crippen molar-refractivity contribution >= 4 is 29.3 Å². The summed E-state index contributed by atoms with van der Waals surface area (Å²) in [6.07, 6.45) is -0.789. The molecule has 0 aliphatic heterocycles. The molecule has 0 unspecified atom stereocenters. The Kier molecular flexibility index (Phi) is 5.39. The molecule has 0 saturated heterocycles. The lowest BCUT2D eigenvalue weighted by atomic mass is 10.2. The van der Waals surface area contributed by atoms with Gasteiger partial charge in [-0.2, -0.15) is 0 Å². The van der Waals surface area contributed by atoms with E-state index in [2.05, 4.69) is 15.6 Å². The average Bonchev–Trinajstić information content (AvgIpc) is 2.43. The van der Waals surface area contributed by atoms with Crippen LogP contribution in [0.3, 0.4) is 0 Å². The van der Waals surface area contributed by atoms with Gasteiger partial charge < -0.3 is 15.2 Å². The van der Waals surface area contributed by atoms with Crippen LogP contribution in [-0.4, -0.2) is 27.8 Å². The van der Waals surface area contributed by atoms with Gasteiger partial charge in [0.1, 0.15) is 23.1 Å². The number of aromatic nitrogens is 1. The summed E-state index contributed by atoms with van der Waals surface area (Å²) in [5.74, 6) is -2.99. The number of pyridine rings is 1. The first-order valence-corrected chi connectivity index (χ1v) is 7.50. The standard InChI is InChI=1S/C17H17F2N3O4/c1-17(2,3)26-16(25)21-12-7-13(15(23)24)22-14(8-12)20-11-5-9(18)4-10(19)6-11/h4-8H,1-3H3,(H,23,24)(H2,20,21,22,25). The highest BCUT2D eigenvalue weighted by Gasteiger charge is 2.18. The molecule has 1 heterocycles. The maximum Gasteiger partial charge on any atom is 0.412 e. The summed E-state index contributed by atoms with van der Waals surface area (Å²) in [5.41, 5.74) is -1.00. The van der Waals surface area contributed by atoms with Crippen LogP contribution in [0.1, 0.15) is 31.3 Å². The second-order valence-corrected chi connectivity index (χ2v) is 6.34. The van der Waals surface area contributed by atoms with E-state index in [1.54, 1.807) is 20.8 Å². The quantitative estimate of drug-likeness (QED) is 0.753. The molecule has 0 aliphatic rings. The lowest BCUT2D eigenvalue weighted by Crippen LogP contribution is -2.27. The molecule has 0 atom stereocenters. The van der Waals surface area contributed by atoms with Crippen molar-refractivity contribution < 1.29 is 28.2 Å². The van der Waals surface area contributed by atoms with E-state index in [0.717, 1.165) is 18.2 Å². The molecule has 1 aromatic heterocycles. The third-order valence-electron chi connectivity index (χ3n) is 2.82. The number of halogens is 2. The number of amides is 1. The van der Waals surface area contributed by atoms with E-state index >= 15 is 0 Å². The fourth-order valence-corrected chi connectivity index (χ4v) is 1.97. The molecular formula is C17H17F2N3O4. The first kappa shape index (κ1) is 19.1. The number of carboxylic acid groups (broad SMARTS) is 1. The lowest BCUT2D eigenvalue weighted by molar-refractivity contribution is 0.0632. The van der Waals surface area contributed by atoms with Crippen LogP contribution in [0.4, 0.5) is 30.8 Å². The predicted molar refractivity (Wildman–Crippen MR) is 90.7 cm³/mol. The van der Waals surface area contributed by atoms with E-state index in [1.807, 2.05) is 0 Å². The molecule has 3 N–H and O–H groups in total. The third kappa shape index (κ3) is 5.69. The number of rotatable bonds is 4. The van der Waals surface area contributed by atoms with Gasteiger partial charge in [0, 0.05) is 17.8 Å². The van der Waals surface area contributed by atoms with Gasteiger partial charge in [-0.05, 0) is 39.0 Å². The normalized spacial score (nSPS) is 11.0. The van der Waals surface area contributed by atoms with Crippen LogP contribution in [0.2, 0.25) is 0 Å². The van der Waals surface area contributed by atoms with Crippen LogP contribution in [0, 0.1) is 11.6 Å². The Balaban J connectivity index is 2.30. The predicted octanol–water partition coefficient (Wildman–Crippen LogP) is 4.15. The zero-order valence-corrected chi connectivity index (χ0v) is 14.3. The van der Waals surface area contributed by atoms with Crippen molar-refractivity contribution in [2.75, 3.05) is 10.6 Å². The largest absolute Gasteiger partial charge is 0.477 e. The summed E-state index contributed by atoms with van der Waals surface area (Å²) in [5, 5.41) is 14.1. The summed E-state index contributed by atoms with van der Waals surface area (Å²) in [6.45, 7) is 5.02. The Labute approximate surface area is 148 Å². The van der Waals surface area contributed by atoms with Crippen molar-refractivity contribution in [2.45, 2.75) is 26.4 Å². The van der Waals surface area contributed by atoms with Crippen molar-refractivity contribution in [3.05, 3.63) is 47.7 Å². The monoisotopic (exact) mass is 365 g/mol. The average molecular weight is 365 g/mol. The number of anilines is 3. The number of hydrogen-bond donors (Lipinski definition) is 3. The van der Waals surface area contributed by atoms with Crippen LogP contribution >= 0.6 is 0 Å². The van der Waals surface area contributed by atoms with E-state index < -0.39 is 29.3 Å². The number of nitrogens with zero attached hydrogens (tertiary/aromatic N) is 1. The third-order valence-corrected chi connectivity index (χ3v) is 2.82. The van der Waals surface area contributed by atoms with Gasteiger partial charge in [0.2, 0.25) is 0 Å². The molecule has 26 heavy (non-hydrogen) atoms. The van der Waals surface area contributed by atoms with Crippen LogP contribution in [-0.2, 0) is 4.74 Å². The van der Waals surface area contributed by atoms with Gasteiger partial charge in [0.05, 0.1) is 5.69 Å².